The van der Waals surface area contributed by atoms with Gasteiger partial charge in [0.2, 0.25) is 6.29 Å². The molecule has 0 amide bonds. The zero-order valence-corrected chi connectivity index (χ0v) is 8.28. The Morgan fingerprint density at radius 2 is 2.21 bits per heavy atom. The predicted octanol–water partition coefficient (Wildman–Crippen LogP) is 1.29. The molecule has 0 aliphatic carbocycles. The normalized spacial score (nSPS) is 11.1. The molecular weight excluding hydrogens is 202 g/mol. The van der Waals surface area contributed by atoms with Crippen molar-refractivity contribution < 1.29 is 14.9 Å². The van der Waals surface area contributed by atoms with Gasteiger partial charge >= 0.3 is 0 Å². The Bertz CT molecular complexity index is 452. The van der Waals surface area contributed by atoms with E-state index in [-0.39, 0.29) is 0 Å². The van der Waals surface area contributed by atoms with Crippen molar-refractivity contribution in [1.82, 2.24) is 4.98 Å². The SMILES string of the molecule is COc1ccc2nc(C(O)O)sc2c1. The zero-order valence-electron chi connectivity index (χ0n) is 7.47. The van der Waals surface area contributed by atoms with Crippen LogP contribution in [0.25, 0.3) is 10.2 Å². The highest BCUT2D eigenvalue weighted by molar-refractivity contribution is 7.18. The maximum atomic E-state index is 8.92. The van der Waals surface area contributed by atoms with E-state index < -0.39 is 6.29 Å². The summed E-state index contributed by atoms with van der Waals surface area (Å²) in [6, 6.07) is 5.39. The number of aromatic nitrogens is 1. The number of fused-ring (bicyclic) bond motifs is 1. The van der Waals surface area contributed by atoms with Crippen LogP contribution in [-0.4, -0.2) is 22.3 Å². The summed E-state index contributed by atoms with van der Waals surface area (Å²) in [5, 5.41) is 18.1. The second kappa shape index (κ2) is 3.53. The number of thiazole rings is 1. The summed E-state index contributed by atoms with van der Waals surface area (Å²) < 4.78 is 5.93. The van der Waals surface area contributed by atoms with Crippen molar-refractivity contribution in [3.63, 3.8) is 0 Å². The van der Waals surface area contributed by atoms with E-state index in [4.69, 9.17) is 14.9 Å². The summed E-state index contributed by atoms with van der Waals surface area (Å²) in [6.45, 7) is 0. The Labute approximate surface area is 84.4 Å². The first-order chi connectivity index (χ1) is 6.70. The van der Waals surface area contributed by atoms with Gasteiger partial charge in [-0.15, -0.1) is 11.3 Å². The van der Waals surface area contributed by atoms with E-state index in [2.05, 4.69) is 4.98 Å². The Morgan fingerprint density at radius 1 is 1.43 bits per heavy atom. The Balaban J connectivity index is 2.54. The first-order valence-corrected chi connectivity index (χ1v) is 4.83. The Kier molecular flexibility index (Phi) is 2.37. The molecule has 0 bridgehead atoms. The molecule has 4 nitrogen and oxygen atoms in total. The van der Waals surface area contributed by atoms with Gasteiger partial charge < -0.3 is 14.9 Å². The summed E-state index contributed by atoms with van der Waals surface area (Å²) in [5.74, 6) is 0.736. The van der Waals surface area contributed by atoms with E-state index in [0.29, 0.717) is 5.01 Å². The van der Waals surface area contributed by atoms with Gasteiger partial charge in [-0.3, -0.25) is 0 Å². The minimum Gasteiger partial charge on any atom is -0.497 e. The Morgan fingerprint density at radius 3 is 2.86 bits per heavy atom. The van der Waals surface area contributed by atoms with E-state index in [1.165, 1.54) is 11.3 Å². The van der Waals surface area contributed by atoms with Crippen LogP contribution in [0.3, 0.4) is 0 Å². The number of aliphatic hydroxyl groups excluding tert-OH is 1. The first kappa shape index (κ1) is 9.39. The molecule has 0 saturated heterocycles. The molecule has 2 rings (SSSR count). The smallest absolute Gasteiger partial charge is 0.205 e. The average molecular weight is 211 g/mol. The predicted molar refractivity (Wildman–Crippen MR) is 53.4 cm³/mol. The van der Waals surface area contributed by atoms with Crippen molar-refractivity contribution in [3.8, 4) is 5.75 Å². The summed E-state index contributed by atoms with van der Waals surface area (Å²) >= 11 is 1.24. The molecule has 0 fully saturated rings. The molecule has 74 valence electrons. The molecule has 1 aromatic carbocycles. The molecule has 14 heavy (non-hydrogen) atoms. The van der Waals surface area contributed by atoms with Crippen molar-refractivity contribution in [2.45, 2.75) is 6.29 Å². The van der Waals surface area contributed by atoms with Crippen molar-refractivity contribution >= 4 is 21.6 Å². The molecule has 0 aliphatic heterocycles. The molecule has 0 radical (unpaired) electrons. The third kappa shape index (κ3) is 1.57. The number of hydrogen-bond acceptors (Lipinski definition) is 5. The van der Waals surface area contributed by atoms with E-state index in [1.807, 2.05) is 6.07 Å². The lowest BCUT2D eigenvalue weighted by atomic mass is 10.3. The number of nitrogens with zero attached hydrogens (tertiary/aromatic N) is 1. The lowest BCUT2D eigenvalue weighted by molar-refractivity contribution is -0.0424. The average Bonchev–Trinajstić information content (AvgIpc) is 2.59. The fraction of sp³-hybridized carbons (Fsp3) is 0.222. The van der Waals surface area contributed by atoms with Crippen molar-refractivity contribution in [2.24, 2.45) is 0 Å². The van der Waals surface area contributed by atoms with Crippen molar-refractivity contribution in [1.29, 1.82) is 0 Å². The number of rotatable bonds is 2. The number of benzene rings is 1. The van der Waals surface area contributed by atoms with Gasteiger partial charge in [-0.05, 0) is 18.2 Å². The van der Waals surface area contributed by atoms with E-state index in [9.17, 15) is 0 Å². The summed E-state index contributed by atoms with van der Waals surface area (Å²) in [6.07, 6.45) is -1.50. The molecular formula is C9H9NO3S. The fourth-order valence-electron chi connectivity index (χ4n) is 1.16. The molecule has 1 aromatic heterocycles. The number of hydrogen-bond donors (Lipinski definition) is 2. The largest absolute Gasteiger partial charge is 0.497 e. The standard InChI is InChI=1S/C9H9NO3S/c1-13-5-2-3-6-7(4-5)14-8(10-6)9(11)12/h2-4,9,11-12H,1H3. The number of ether oxygens (including phenoxy) is 1. The maximum Gasteiger partial charge on any atom is 0.205 e. The zero-order chi connectivity index (χ0) is 10.1. The van der Waals surface area contributed by atoms with Crippen LogP contribution in [0.1, 0.15) is 11.3 Å². The van der Waals surface area contributed by atoms with Gasteiger partial charge in [0.05, 0.1) is 17.3 Å². The minimum absolute atomic E-state index is 0.299. The van der Waals surface area contributed by atoms with Gasteiger partial charge in [0.25, 0.3) is 0 Å². The quantitative estimate of drug-likeness (QED) is 0.735. The molecule has 0 unspecified atom stereocenters. The van der Waals surface area contributed by atoms with Crippen LogP contribution in [-0.2, 0) is 0 Å². The number of aliphatic hydroxyl groups is 2. The highest BCUT2D eigenvalue weighted by Crippen LogP contribution is 2.28. The number of methoxy groups -OCH3 is 1. The fourth-order valence-corrected chi connectivity index (χ4v) is 2.03. The summed E-state index contributed by atoms with van der Waals surface area (Å²) in [5.41, 5.74) is 0.749. The Hall–Kier alpha value is -1.17. The molecule has 2 aromatic rings. The molecule has 0 saturated carbocycles. The molecule has 1 heterocycles. The van der Waals surface area contributed by atoms with Crippen LogP contribution in [0.2, 0.25) is 0 Å². The minimum atomic E-state index is -1.50. The van der Waals surface area contributed by atoms with E-state index in [0.717, 1.165) is 16.0 Å². The van der Waals surface area contributed by atoms with E-state index in [1.54, 1.807) is 19.2 Å². The van der Waals surface area contributed by atoms with Crippen LogP contribution in [0.5, 0.6) is 5.75 Å². The molecule has 0 aliphatic rings. The monoisotopic (exact) mass is 211 g/mol. The first-order valence-electron chi connectivity index (χ1n) is 4.01. The van der Waals surface area contributed by atoms with Crippen molar-refractivity contribution in [3.05, 3.63) is 23.2 Å². The van der Waals surface area contributed by atoms with Gasteiger partial charge in [-0.1, -0.05) is 0 Å². The molecule has 2 N–H and O–H groups in total. The maximum absolute atomic E-state index is 8.92. The van der Waals surface area contributed by atoms with Crippen LogP contribution in [0.15, 0.2) is 18.2 Å². The molecule has 5 heteroatoms. The molecule has 0 atom stereocenters. The molecule has 0 spiro atoms. The third-order valence-electron chi connectivity index (χ3n) is 1.83. The highest BCUT2D eigenvalue weighted by Gasteiger charge is 2.10. The van der Waals surface area contributed by atoms with Gasteiger partial charge in [-0.2, -0.15) is 0 Å². The summed E-state index contributed by atoms with van der Waals surface area (Å²) in [4.78, 5) is 4.05. The van der Waals surface area contributed by atoms with Gasteiger partial charge in [-0.25, -0.2) is 4.98 Å². The van der Waals surface area contributed by atoms with Gasteiger partial charge in [0.1, 0.15) is 10.8 Å². The van der Waals surface area contributed by atoms with E-state index >= 15 is 0 Å². The topological polar surface area (TPSA) is 62.6 Å². The van der Waals surface area contributed by atoms with Crippen molar-refractivity contribution in [2.75, 3.05) is 7.11 Å². The van der Waals surface area contributed by atoms with Crippen LogP contribution >= 0.6 is 11.3 Å². The van der Waals surface area contributed by atoms with Crippen LogP contribution in [0.4, 0.5) is 0 Å². The third-order valence-corrected chi connectivity index (χ3v) is 2.89. The van der Waals surface area contributed by atoms with Gasteiger partial charge in [0.15, 0.2) is 0 Å². The summed E-state index contributed by atoms with van der Waals surface area (Å²) in [7, 11) is 1.59. The van der Waals surface area contributed by atoms with Gasteiger partial charge in [0, 0.05) is 0 Å². The lowest BCUT2D eigenvalue weighted by Crippen LogP contribution is -1.91. The second-order valence-electron chi connectivity index (χ2n) is 2.76. The lowest BCUT2D eigenvalue weighted by Gasteiger charge is -1.96. The highest BCUT2D eigenvalue weighted by atomic mass is 32.1. The van der Waals surface area contributed by atoms with Crippen LogP contribution in [0, 0.1) is 0 Å². The van der Waals surface area contributed by atoms with Crippen LogP contribution < -0.4 is 4.74 Å². The second-order valence-corrected chi connectivity index (χ2v) is 3.82.